The summed E-state index contributed by atoms with van der Waals surface area (Å²) in [4.78, 5) is 10.4. The average molecular weight is 184 g/mol. The van der Waals surface area contributed by atoms with Crippen molar-refractivity contribution in [1.82, 2.24) is 0 Å². The van der Waals surface area contributed by atoms with Crippen LogP contribution >= 0.6 is 0 Å². The minimum atomic E-state index is -0.628. The fourth-order valence-electron chi connectivity index (χ4n) is 2.21. The van der Waals surface area contributed by atoms with Gasteiger partial charge in [0.05, 0.1) is 0 Å². The SMILES string of the molecule is CCCCCC1CC(CC(=O)O)C1. The number of carboxylic acid groups (broad SMARTS) is 1. The van der Waals surface area contributed by atoms with E-state index < -0.39 is 5.97 Å². The summed E-state index contributed by atoms with van der Waals surface area (Å²) in [5, 5.41) is 8.55. The van der Waals surface area contributed by atoms with Crippen LogP contribution in [-0.2, 0) is 4.79 Å². The molecule has 13 heavy (non-hydrogen) atoms. The van der Waals surface area contributed by atoms with E-state index in [9.17, 15) is 4.79 Å². The Balaban J connectivity index is 1.95. The number of carboxylic acids is 1. The molecule has 2 heteroatoms. The third-order valence-corrected chi connectivity index (χ3v) is 3.01. The lowest BCUT2D eigenvalue weighted by molar-refractivity contribution is -0.139. The number of carbonyl (C=O) groups is 1. The number of hydrogen-bond donors (Lipinski definition) is 1. The van der Waals surface area contributed by atoms with E-state index in [1.54, 1.807) is 0 Å². The van der Waals surface area contributed by atoms with E-state index in [4.69, 9.17) is 5.11 Å². The fourth-order valence-corrected chi connectivity index (χ4v) is 2.21. The van der Waals surface area contributed by atoms with Crippen molar-refractivity contribution < 1.29 is 9.90 Å². The van der Waals surface area contributed by atoms with Crippen LogP contribution in [0.4, 0.5) is 0 Å². The molecule has 76 valence electrons. The van der Waals surface area contributed by atoms with Crippen molar-refractivity contribution in [2.75, 3.05) is 0 Å². The van der Waals surface area contributed by atoms with E-state index >= 15 is 0 Å². The van der Waals surface area contributed by atoms with E-state index in [2.05, 4.69) is 6.92 Å². The Bertz CT molecular complexity index is 159. The second kappa shape index (κ2) is 5.25. The van der Waals surface area contributed by atoms with Gasteiger partial charge in [0, 0.05) is 6.42 Å². The van der Waals surface area contributed by atoms with Crippen LogP contribution in [-0.4, -0.2) is 11.1 Å². The van der Waals surface area contributed by atoms with Crippen molar-refractivity contribution in [2.24, 2.45) is 11.8 Å². The quantitative estimate of drug-likeness (QED) is 0.644. The Kier molecular flexibility index (Phi) is 4.26. The zero-order valence-electron chi connectivity index (χ0n) is 8.46. The lowest BCUT2D eigenvalue weighted by Crippen LogP contribution is -2.25. The van der Waals surface area contributed by atoms with Crippen LogP contribution in [0.2, 0.25) is 0 Å². The Hall–Kier alpha value is -0.530. The first-order chi connectivity index (χ1) is 6.22. The van der Waals surface area contributed by atoms with E-state index in [0.717, 1.165) is 18.8 Å². The molecule has 1 saturated carbocycles. The van der Waals surface area contributed by atoms with Gasteiger partial charge in [0.1, 0.15) is 0 Å². The monoisotopic (exact) mass is 184 g/mol. The highest BCUT2D eigenvalue weighted by molar-refractivity contribution is 5.67. The number of unbranched alkanes of at least 4 members (excludes halogenated alkanes) is 2. The minimum absolute atomic E-state index is 0.393. The van der Waals surface area contributed by atoms with Gasteiger partial charge in [-0.15, -0.1) is 0 Å². The summed E-state index contributed by atoms with van der Waals surface area (Å²) < 4.78 is 0. The normalized spacial score (nSPS) is 26.8. The maximum absolute atomic E-state index is 10.4. The largest absolute Gasteiger partial charge is 0.481 e. The first-order valence-corrected chi connectivity index (χ1v) is 5.44. The average Bonchev–Trinajstić information content (AvgIpc) is 1.99. The van der Waals surface area contributed by atoms with Crippen LogP contribution in [0.1, 0.15) is 51.9 Å². The highest BCUT2D eigenvalue weighted by Crippen LogP contribution is 2.39. The summed E-state index contributed by atoms with van der Waals surface area (Å²) in [5.74, 6) is 0.706. The molecule has 1 aliphatic carbocycles. The maximum Gasteiger partial charge on any atom is 0.303 e. The second-order valence-corrected chi connectivity index (χ2v) is 4.30. The molecule has 0 amide bonds. The Morgan fingerprint density at radius 2 is 2.00 bits per heavy atom. The van der Waals surface area contributed by atoms with Crippen molar-refractivity contribution in [1.29, 1.82) is 0 Å². The summed E-state index contributed by atoms with van der Waals surface area (Å²) in [6.07, 6.45) is 7.99. The molecule has 0 atom stereocenters. The lowest BCUT2D eigenvalue weighted by atomic mass is 9.71. The molecule has 0 radical (unpaired) electrons. The predicted molar refractivity (Wildman–Crippen MR) is 52.6 cm³/mol. The Morgan fingerprint density at radius 1 is 1.31 bits per heavy atom. The minimum Gasteiger partial charge on any atom is -0.481 e. The van der Waals surface area contributed by atoms with Crippen LogP contribution < -0.4 is 0 Å². The van der Waals surface area contributed by atoms with Gasteiger partial charge in [-0.05, 0) is 24.7 Å². The summed E-state index contributed by atoms with van der Waals surface area (Å²) in [6.45, 7) is 2.22. The van der Waals surface area contributed by atoms with Crippen molar-refractivity contribution in [2.45, 2.75) is 51.9 Å². The molecule has 2 nitrogen and oxygen atoms in total. The van der Waals surface area contributed by atoms with Gasteiger partial charge in [-0.2, -0.15) is 0 Å². The second-order valence-electron chi connectivity index (χ2n) is 4.30. The molecular formula is C11H20O2. The van der Waals surface area contributed by atoms with Crippen LogP contribution in [0.5, 0.6) is 0 Å². The van der Waals surface area contributed by atoms with Crippen molar-refractivity contribution in [3.05, 3.63) is 0 Å². The third kappa shape index (κ3) is 3.79. The van der Waals surface area contributed by atoms with Gasteiger partial charge in [-0.1, -0.05) is 32.6 Å². The Labute approximate surface area is 80.3 Å². The number of rotatable bonds is 6. The van der Waals surface area contributed by atoms with Gasteiger partial charge in [0.2, 0.25) is 0 Å². The summed E-state index contributed by atoms with van der Waals surface area (Å²) in [7, 11) is 0. The Morgan fingerprint density at radius 3 is 2.54 bits per heavy atom. The molecule has 0 bridgehead atoms. The fraction of sp³-hybridized carbons (Fsp3) is 0.909. The topological polar surface area (TPSA) is 37.3 Å². The van der Waals surface area contributed by atoms with Crippen molar-refractivity contribution in [3.8, 4) is 0 Å². The molecule has 1 rings (SSSR count). The summed E-state index contributed by atoms with van der Waals surface area (Å²) >= 11 is 0. The molecule has 0 unspecified atom stereocenters. The maximum atomic E-state index is 10.4. The molecule has 0 aromatic carbocycles. The van der Waals surface area contributed by atoms with Crippen molar-refractivity contribution >= 4 is 5.97 Å². The molecule has 1 aliphatic rings. The van der Waals surface area contributed by atoms with Gasteiger partial charge in [-0.25, -0.2) is 0 Å². The highest BCUT2D eigenvalue weighted by Gasteiger charge is 2.29. The van der Waals surface area contributed by atoms with Crippen LogP contribution in [0.3, 0.4) is 0 Å². The molecule has 0 saturated heterocycles. The van der Waals surface area contributed by atoms with Gasteiger partial charge in [0.15, 0.2) is 0 Å². The molecule has 1 N–H and O–H groups in total. The van der Waals surface area contributed by atoms with Gasteiger partial charge < -0.3 is 5.11 Å². The molecular weight excluding hydrogens is 164 g/mol. The highest BCUT2D eigenvalue weighted by atomic mass is 16.4. The standard InChI is InChI=1S/C11H20O2/c1-2-3-4-5-9-6-10(7-9)8-11(12)13/h9-10H,2-8H2,1H3,(H,12,13). The van der Waals surface area contributed by atoms with E-state index in [1.807, 2.05) is 0 Å². The molecule has 0 heterocycles. The molecule has 0 aliphatic heterocycles. The first kappa shape index (κ1) is 10.6. The lowest BCUT2D eigenvalue weighted by Gasteiger charge is -2.34. The summed E-state index contributed by atoms with van der Waals surface area (Å²) in [6, 6.07) is 0. The zero-order chi connectivity index (χ0) is 9.68. The zero-order valence-corrected chi connectivity index (χ0v) is 8.46. The third-order valence-electron chi connectivity index (χ3n) is 3.01. The van der Waals surface area contributed by atoms with Gasteiger partial charge >= 0.3 is 5.97 Å². The predicted octanol–water partition coefficient (Wildman–Crippen LogP) is 3.07. The number of hydrogen-bond acceptors (Lipinski definition) is 1. The van der Waals surface area contributed by atoms with E-state index in [0.29, 0.717) is 12.3 Å². The van der Waals surface area contributed by atoms with Gasteiger partial charge in [-0.3, -0.25) is 4.79 Å². The van der Waals surface area contributed by atoms with E-state index in [1.165, 1.54) is 25.7 Å². The van der Waals surface area contributed by atoms with Crippen LogP contribution in [0.25, 0.3) is 0 Å². The molecule has 0 spiro atoms. The number of aliphatic carboxylic acids is 1. The van der Waals surface area contributed by atoms with Crippen molar-refractivity contribution in [3.63, 3.8) is 0 Å². The van der Waals surface area contributed by atoms with Gasteiger partial charge in [0.25, 0.3) is 0 Å². The van der Waals surface area contributed by atoms with Crippen LogP contribution in [0.15, 0.2) is 0 Å². The van der Waals surface area contributed by atoms with Crippen LogP contribution in [0, 0.1) is 11.8 Å². The smallest absolute Gasteiger partial charge is 0.303 e. The summed E-state index contributed by atoms with van der Waals surface area (Å²) in [5.41, 5.74) is 0. The molecule has 0 aromatic heterocycles. The molecule has 0 aromatic rings. The van der Waals surface area contributed by atoms with E-state index in [-0.39, 0.29) is 0 Å². The first-order valence-electron chi connectivity index (χ1n) is 5.44. The molecule has 1 fully saturated rings.